The molecule has 0 radical (unpaired) electrons. The number of nitrogens with one attached hydrogen (secondary N) is 3. The van der Waals surface area contributed by atoms with Crippen LogP contribution < -0.4 is 16.0 Å². The maximum atomic E-state index is 11.8. The summed E-state index contributed by atoms with van der Waals surface area (Å²) in [6.07, 6.45) is 2.43. The lowest BCUT2D eigenvalue weighted by Gasteiger charge is -2.35. The molecule has 0 spiro atoms. The number of rotatable bonds is 6. The van der Waals surface area contributed by atoms with Crippen molar-refractivity contribution in [1.29, 1.82) is 0 Å². The minimum atomic E-state index is -0.210. The average Bonchev–Trinajstić information content (AvgIpc) is 2.43. The van der Waals surface area contributed by atoms with Gasteiger partial charge in [0.1, 0.15) is 0 Å². The van der Waals surface area contributed by atoms with Crippen LogP contribution >= 0.6 is 0 Å². The van der Waals surface area contributed by atoms with Crippen LogP contribution in [0.1, 0.15) is 47.5 Å². The first kappa shape index (κ1) is 20.7. The average molecular weight is 340 g/mol. The smallest absolute Gasteiger partial charge is 0.239 e. The molecule has 0 aromatic rings. The summed E-state index contributed by atoms with van der Waals surface area (Å²) in [5.74, 6) is 2.26. The Hall–Kier alpha value is -1.30. The van der Waals surface area contributed by atoms with Crippen LogP contribution in [-0.4, -0.2) is 62.1 Å². The van der Waals surface area contributed by atoms with Gasteiger partial charge in [-0.25, -0.2) is 0 Å². The molecule has 0 bridgehead atoms. The Bertz CT molecular complexity index is 406. The molecule has 2 atom stereocenters. The van der Waals surface area contributed by atoms with E-state index in [1.54, 1.807) is 7.05 Å². The summed E-state index contributed by atoms with van der Waals surface area (Å²) in [5, 5.41) is 9.27. The van der Waals surface area contributed by atoms with E-state index in [-0.39, 0.29) is 18.0 Å². The Morgan fingerprint density at radius 1 is 1.17 bits per heavy atom. The van der Waals surface area contributed by atoms with E-state index in [2.05, 4.69) is 39.7 Å². The molecule has 140 valence electrons. The molecule has 0 aromatic carbocycles. The van der Waals surface area contributed by atoms with Gasteiger partial charge in [0.15, 0.2) is 5.96 Å². The van der Waals surface area contributed by atoms with E-state index in [0.717, 1.165) is 31.3 Å². The molecule has 0 saturated carbocycles. The fourth-order valence-electron chi connectivity index (χ4n) is 3.33. The fraction of sp³-hybridized carbons (Fsp3) is 0.889. The van der Waals surface area contributed by atoms with Crippen LogP contribution in [0.25, 0.3) is 0 Å². The number of carbonyl (C=O) groups excluding carboxylic acids is 1. The molecule has 1 fully saturated rings. The van der Waals surface area contributed by atoms with E-state index in [9.17, 15) is 4.79 Å². The lowest BCUT2D eigenvalue weighted by atomic mass is 9.92. The van der Waals surface area contributed by atoms with Crippen LogP contribution in [0.3, 0.4) is 0 Å². The molecule has 1 amide bonds. The van der Waals surface area contributed by atoms with Gasteiger partial charge in [-0.3, -0.25) is 9.79 Å². The Kier molecular flexibility index (Phi) is 8.53. The minimum Gasteiger partial charge on any atom is -0.356 e. The highest BCUT2D eigenvalue weighted by atomic mass is 16.2. The van der Waals surface area contributed by atoms with Crippen molar-refractivity contribution in [2.75, 3.05) is 39.8 Å². The van der Waals surface area contributed by atoms with E-state index in [1.165, 1.54) is 19.5 Å². The number of aliphatic imine (C=N–C) groups is 1. The van der Waals surface area contributed by atoms with E-state index < -0.39 is 0 Å². The minimum absolute atomic E-state index is 0.0262. The number of piperidine rings is 1. The summed E-state index contributed by atoms with van der Waals surface area (Å²) in [6.45, 7) is 15.2. The van der Waals surface area contributed by atoms with Gasteiger partial charge in [0.05, 0.1) is 6.54 Å². The van der Waals surface area contributed by atoms with Crippen molar-refractivity contribution in [3.05, 3.63) is 0 Å². The van der Waals surface area contributed by atoms with E-state index in [4.69, 9.17) is 0 Å². The molecule has 0 aromatic heterocycles. The molecule has 1 aliphatic heterocycles. The maximum absolute atomic E-state index is 11.8. The zero-order chi connectivity index (χ0) is 18.2. The van der Waals surface area contributed by atoms with Crippen molar-refractivity contribution in [2.24, 2.45) is 16.8 Å². The van der Waals surface area contributed by atoms with Gasteiger partial charge in [-0.1, -0.05) is 13.8 Å². The molecule has 2 unspecified atom stereocenters. The summed E-state index contributed by atoms with van der Waals surface area (Å²) in [5.41, 5.74) is -0.210. The van der Waals surface area contributed by atoms with Crippen LogP contribution in [0.4, 0.5) is 0 Å². The highest BCUT2D eigenvalue weighted by molar-refractivity contribution is 5.86. The Balaban J connectivity index is 2.19. The monoisotopic (exact) mass is 339 g/mol. The third kappa shape index (κ3) is 9.11. The van der Waals surface area contributed by atoms with E-state index in [1.807, 2.05) is 20.8 Å². The van der Waals surface area contributed by atoms with E-state index >= 15 is 0 Å². The normalized spacial score (nSPS) is 23.0. The molecule has 1 heterocycles. The van der Waals surface area contributed by atoms with Gasteiger partial charge in [-0.2, -0.15) is 0 Å². The van der Waals surface area contributed by atoms with Gasteiger partial charge in [-0.15, -0.1) is 0 Å². The lowest BCUT2D eigenvalue weighted by molar-refractivity contribution is -0.121. The van der Waals surface area contributed by atoms with Gasteiger partial charge in [0.25, 0.3) is 0 Å². The third-order valence-corrected chi connectivity index (χ3v) is 4.04. The van der Waals surface area contributed by atoms with Crippen molar-refractivity contribution in [3.8, 4) is 0 Å². The van der Waals surface area contributed by atoms with Crippen LogP contribution in [-0.2, 0) is 4.79 Å². The second-order valence-corrected chi connectivity index (χ2v) is 8.21. The van der Waals surface area contributed by atoms with Gasteiger partial charge >= 0.3 is 0 Å². The molecular weight excluding hydrogens is 302 g/mol. The number of carbonyl (C=O) groups is 1. The molecule has 1 saturated heterocycles. The number of amides is 1. The molecule has 3 N–H and O–H groups in total. The molecule has 1 aliphatic rings. The SMILES string of the molecule is CN=C(NCCCN1CC(C)CC(C)C1)NCC(=O)NC(C)(C)C. The van der Waals surface area contributed by atoms with Crippen LogP contribution in [0, 0.1) is 11.8 Å². The zero-order valence-corrected chi connectivity index (χ0v) is 16.4. The Labute approximate surface area is 147 Å². The highest BCUT2D eigenvalue weighted by Gasteiger charge is 2.21. The van der Waals surface area contributed by atoms with Gasteiger partial charge in [0.2, 0.25) is 5.91 Å². The fourth-order valence-corrected chi connectivity index (χ4v) is 3.33. The standard InChI is InChI=1S/C18H37N5O/c1-14-10-15(2)13-23(12-14)9-7-8-20-17(19-6)21-11-16(24)22-18(3,4)5/h14-15H,7-13H2,1-6H3,(H,22,24)(H2,19,20,21). The van der Waals surface area contributed by atoms with Crippen molar-refractivity contribution in [1.82, 2.24) is 20.9 Å². The first-order chi connectivity index (χ1) is 11.2. The van der Waals surface area contributed by atoms with Gasteiger partial charge in [0, 0.05) is 32.2 Å². The number of hydrogen-bond acceptors (Lipinski definition) is 3. The third-order valence-electron chi connectivity index (χ3n) is 4.04. The second kappa shape index (κ2) is 9.87. The Morgan fingerprint density at radius 3 is 2.33 bits per heavy atom. The largest absolute Gasteiger partial charge is 0.356 e. The maximum Gasteiger partial charge on any atom is 0.239 e. The summed E-state index contributed by atoms with van der Waals surface area (Å²) in [7, 11) is 1.73. The number of likely N-dealkylation sites (tertiary alicyclic amines) is 1. The van der Waals surface area contributed by atoms with Crippen molar-refractivity contribution in [2.45, 2.75) is 53.0 Å². The van der Waals surface area contributed by atoms with Crippen LogP contribution in [0.2, 0.25) is 0 Å². The predicted octanol–water partition coefficient (Wildman–Crippen LogP) is 1.43. The van der Waals surface area contributed by atoms with E-state index in [0.29, 0.717) is 5.96 Å². The molecule has 1 rings (SSSR count). The van der Waals surface area contributed by atoms with Crippen molar-refractivity contribution in [3.63, 3.8) is 0 Å². The highest BCUT2D eigenvalue weighted by Crippen LogP contribution is 2.20. The molecule has 24 heavy (non-hydrogen) atoms. The topological polar surface area (TPSA) is 68.8 Å². The zero-order valence-electron chi connectivity index (χ0n) is 16.4. The first-order valence-corrected chi connectivity index (χ1v) is 9.17. The summed E-state index contributed by atoms with van der Waals surface area (Å²) >= 11 is 0. The summed E-state index contributed by atoms with van der Waals surface area (Å²) < 4.78 is 0. The molecular formula is C18H37N5O. The molecule has 0 aliphatic carbocycles. The van der Waals surface area contributed by atoms with Crippen LogP contribution in [0.5, 0.6) is 0 Å². The Morgan fingerprint density at radius 2 is 1.79 bits per heavy atom. The quantitative estimate of drug-likeness (QED) is 0.389. The summed E-state index contributed by atoms with van der Waals surface area (Å²) in [6, 6.07) is 0. The number of hydrogen-bond donors (Lipinski definition) is 3. The molecule has 6 nitrogen and oxygen atoms in total. The van der Waals surface area contributed by atoms with Gasteiger partial charge in [-0.05, 0) is 52.0 Å². The van der Waals surface area contributed by atoms with Crippen LogP contribution in [0.15, 0.2) is 4.99 Å². The number of guanidine groups is 1. The first-order valence-electron chi connectivity index (χ1n) is 9.17. The summed E-state index contributed by atoms with van der Waals surface area (Å²) in [4.78, 5) is 18.5. The van der Waals surface area contributed by atoms with Crippen molar-refractivity contribution >= 4 is 11.9 Å². The molecule has 6 heteroatoms. The lowest BCUT2D eigenvalue weighted by Crippen LogP contribution is -2.48. The van der Waals surface area contributed by atoms with Gasteiger partial charge < -0.3 is 20.9 Å². The number of nitrogens with zero attached hydrogens (tertiary/aromatic N) is 2. The second-order valence-electron chi connectivity index (χ2n) is 8.21. The van der Waals surface area contributed by atoms with Crippen molar-refractivity contribution < 1.29 is 4.79 Å². The predicted molar refractivity (Wildman–Crippen MR) is 101 cm³/mol.